The van der Waals surface area contributed by atoms with Gasteiger partial charge in [0.1, 0.15) is 18.3 Å². The molecule has 2 unspecified atom stereocenters. The van der Waals surface area contributed by atoms with Crippen molar-refractivity contribution < 1.29 is 54.2 Å². The maximum absolute atomic E-state index is 14.7. The fourth-order valence-corrected chi connectivity index (χ4v) is 11.2. The third-order valence-corrected chi connectivity index (χ3v) is 13.5. The van der Waals surface area contributed by atoms with Crippen LogP contribution < -0.4 is 0 Å². The summed E-state index contributed by atoms with van der Waals surface area (Å²) in [7, 11) is 0. The summed E-state index contributed by atoms with van der Waals surface area (Å²) in [6.07, 6.45) is 0.488. The van der Waals surface area contributed by atoms with Gasteiger partial charge in [-0.1, -0.05) is 0 Å². The van der Waals surface area contributed by atoms with Crippen molar-refractivity contribution in [3.05, 3.63) is 0 Å². The molecule has 4 saturated heterocycles. The number of esters is 3. The van der Waals surface area contributed by atoms with Crippen LogP contribution >= 0.6 is 0 Å². The first-order chi connectivity index (χ1) is 26.5. The van der Waals surface area contributed by atoms with Gasteiger partial charge in [-0.25, -0.2) is 0 Å². The van der Waals surface area contributed by atoms with E-state index in [9.17, 15) is 35.2 Å². The third kappa shape index (κ3) is 11.6. The molecule has 0 saturated carbocycles. The molecule has 15 heteroatoms. The van der Waals surface area contributed by atoms with Gasteiger partial charge in [0.25, 0.3) is 0 Å². The minimum Gasteiger partial charge on any atom is -0.462 e. The number of hydroxylamine groups is 8. The Labute approximate surface area is 353 Å². The van der Waals surface area contributed by atoms with E-state index in [1.54, 1.807) is 0 Å². The summed E-state index contributed by atoms with van der Waals surface area (Å²) in [5.74, 6) is -3.90. The highest BCUT2D eigenvalue weighted by atomic mass is 16.6. The molecule has 59 heavy (non-hydrogen) atoms. The number of ether oxygens (including phenoxy) is 4. The predicted octanol–water partition coefficient (Wildman–Crippen LogP) is 7.29. The fourth-order valence-electron chi connectivity index (χ4n) is 11.2. The molecule has 0 spiro atoms. The summed E-state index contributed by atoms with van der Waals surface area (Å²) in [6, 6.07) is 0. The largest absolute Gasteiger partial charge is 0.462 e. The van der Waals surface area contributed by atoms with E-state index < -0.39 is 92.4 Å². The normalized spacial score (nSPS) is 28.7. The van der Waals surface area contributed by atoms with Crippen LogP contribution in [0.5, 0.6) is 0 Å². The van der Waals surface area contributed by atoms with Crippen molar-refractivity contribution in [1.82, 2.24) is 20.3 Å². The molecular weight excluding hydrogens is 761 g/mol. The van der Waals surface area contributed by atoms with Crippen molar-refractivity contribution in [2.45, 2.75) is 244 Å². The highest BCUT2D eigenvalue weighted by molar-refractivity contribution is 5.81. The Balaban J connectivity index is 1.68. The molecule has 0 aromatic heterocycles. The minimum absolute atomic E-state index is 0.0779. The van der Waals surface area contributed by atoms with Gasteiger partial charge in [-0.2, -0.15) is 20.3 Å². The Morgan fingerprint density at radius 3 is 1.00 bits per heavy atom. The van der Waals surface area contributed by atoms with E-state index in [1.165, 1.54) is 20.3 Å². The van der Waals surface area contributed by atoms with Gasteiger partial charge in [0.15, 0.2) is 0 Å². The monoisotopic (exact) mass is 841 g/mol. The Morgan fingerprint density at radius 2 is 0.695 bits per heavy atom. The second-order valence-corrected chi connectivity index (χ2v) is 23.4. The third-order valence-electron chi connectivity index (χ3n) is 13.5. The van der Waals surface area contributed by atoms with Crippen LogP contribution in [0.1, 0.15) is 175 Å². The van der Waals surface area contributed by atoms with Gasteiger partial charge < -0.3 is 39.8 Å². The van der Waals surface area contributed by atoms with Gasteiger partial charge in [0.2, 0.25) is 0 Å². The van der Waals surface area contributed by atoms with Crippen LogP contribution in [0.2, 0.25) is 0 Å². The second-order valence-electron chi connectivity index (χ2n) is 23.4. The molecule has 0 aromatic rings. The summed E-state index contributed by atoms with van der Waals surface area (Å²) >= 11 is 0. The van der Waals surface area contributed by atoms with E-state index in [2.05, 4.69) is 0 Å². The molecule has 4 aliphatic rings. The number of hydrogen-bond acceptors (Lipinski definition) is 15. The number of rotatable bonds is 12. The summed E-state index contributed by atoms with van der Waals surface area (Å²) in [6.45, 7) is 30.2. The van der Waals surface area contributed by atoms with Gasteiger partial charge in [0.05, 0.1) is 31.5 Å². The van der Waals surface area contributed by atoms with Crippen LogP contribution in [0, 0.1) is 11.8 Å². The van der Waals surface area contributed by atoms with E-state index in [-0.39, 0.29) is 25.6 Å². The first-order valence-electron chi connectivity index (χ1n) is 21.7. The SMILES string of the molecule is CC1(C)CC(OCC(CC(=O)OC2CC(C)(C)N(O)C(C)(C)C2)C(CC(=O)OC2CC(C)(C)N(O)C(C)(C)C2)C(=O)OC2CC(C)(C)N(O)C(C)(C)C2)CC(C)(C)N1O. The van der Waals surface area contributed by atoms with Gasteiger partial charge in [-0.15, -0.1) is 0 Å². The van der Waals surface area contributed by atoms with Gasteiger partial charge in [-0.05, 0) is 124 Å². The Bertz CT molecular complexity index is 1450. The highest BCUT2D eigenvalue weighted by Crippen LogP contribution is 2.43. The first kappa shape index (κ1) is 49.7. The molecule has 342 valence electrons. The first-order valence-corrected chi connectivity index (χ1v) is 21.7. The number of hydrogen-bond donors (Lipinski definition) is 4. The lowest BCUT2D eigenvalue weighted by Gasteiger charge is -2.51. The van der Waals surface area contributed by atoms with Crippen molar-refractivity contribution in [2.24, 2.45) is 11.8 Å². The smallest absolute Gasteiger partial charge is 0.310 e. The highest BCUT2D eigenvalue weighted by Gasteiger charge is 2.51. The number of carbonyl (C=O) groups is 3. The fraction of sp³-hybridized carbons (Fsp3) is 0.932. The molecule has 15 nitrogen and oxygen atoms in total. The Morgan fingerprint density at radius 1 is 0.441 bits per heavy atom. The molecule has 4 rings (SSSR count). The molecule has 0 amide bonds. The zero-order valence-corrected chi connectivity index (χ0v) is 39.2. The average molecular weight is 841 g/mol. The zero-order valence-electron chi connectivity index (χ0n) is 39.2. The summed E-state index contributed by atoms with van der Waals surface area (Å²) in [4.78, 5) is 42.9. The minimum atomic E-state index is -1.17. The van der Waals surface area contributed by atoms with Crippen molar-refractivity contribution in [1.29, 1.82) is 0 Å². The van der Waals surface area contributed by atoms with E-state index in [0.717, 1.165) is 0 Å². The van der Waals surface area contributed by atoms with E-state index >= 15 is 0 Å². The standard InChI is InChI=1S/C44H80N4O11/c1-37(2)19-29(20-38(3,4)45(37)52)56-27-28(17-34(49)57-30-21-39(5,6)46(53)40(7,8)22-30)33(36(51)59-32-25-43(13,14)48(55)44(15,16)26-32)18-35(50)58-31-23-41(9,10)47(54)42(11,12)24-31/h28-33,52-55H,17-27H2,1-16H3. The summed E-state index contributed by atoms with van der Waals surface area (Å²) < 4.78 is 25.2. The van der Waals surface area contributed by atoms with Crippen molar-refractivity contribution >= 4 is 17.9 Å². The van der Waals surface area contributed by atoms with Gasteiger partial charge in [0, 0.05) is 88.8 Å². The number of carbonyl (C=O) groups excluding carboxylic acids is 3. The molecule has 4 fully saturated rings. The zero-order chi connectivity index (χ0) is 45.1. The molecular formula is C44H80N4O11. The molecule has 4 N–H and O–H groups in total. The molecule has 0 radical (unpaired) electrons. The molecule has 0 aliphatic carbocycles. The van der Waals surface area contributed by atoms with Crippen LogP contribution in [0.3, 0.4) is 0 Å². The van der Waals surface area contributed by atoms with Crippen LogP contribution in [-0.2, 0) is 33.3 Å². The lowest BCUT2D eigenvalue weighted by atomic mass is 9.79. The quantitative estimate of drug-likeness (QED) is 0.114. The molecule has 4 aliphatic heterocycles. The topological polar surface area (TPSA) is 182 Å². The predicted molar refractivity (Wildman–Crippen MR) is 220 cm³/mol. The van der Waals surface area contributed by atoms with Crippen molar-refractivity contribution in [2.75, 3.05) is 6.61 Å². The lowest BCUT2D eigenvalue weighted by Crippen LogP contribution is -2.61. The molecule has 2 atom stereocenters. The molecule has 0 aromatic carbocycles. The van der Waals surface area contributed by atoms with Gasteiger partial charge in [-0.3, -0.25) is 14.4 Å². The Kier molecular flexibility index (Phi) is 14.3. The van der Waals surface area contributed by atoms with Gasteiger partial charge >= 0.3 is 17.9 Å². The van der Waals surface area contributed by atoms with Crippen LogP contribution in [0.15, 0.2) is 0 Å². The maximum Gasteiger partial charge on any atom is 0.310 e. The van der Waals surface area contributed by atoms with Crippen molar-refractivity contribution in [3.8, 4) is 0 Å². The molecule has 0 bridgehead atoms. The van der Waals surface area contributed by atoms with Crippen LogP contribution in [-0.4, -0.2) is 134 Å². The number of piperidine rings is 4. The molecule has 4 heterocycles. The van der Waals surface area contributed by atoms with E-state index in [0.29, 0.717) is 51.4 Å². The second kappa shape index (κ2) is 17.0. The number of nitrogens with zero attached hydrogens (tertiary/aromatic N) is 4. The van der Waals surface area contributed by atoms with Crippen LogP contribution in [0.4, 0.5) is 0 Å². The summed E-state index contributed by atoms with van der Waals surface area (Å²) in [5, 5.41) is 49.1. The van der Waals surface area contributed by atoms with Crippen LogP contribution in [0.25, 0.3) is 0 Å². The Hall–Kier alpha value is -1.95. The van der Waals surface area contributed by atoms with E-state index in [1.807, 2.05) is 111 Å². The average Bonchev–Trinajstić information content (AvgIpc) is 3.03. The van der Waals surface area contributed by atoms with Crippen molar-refractivity contribution in [3.63, 3.8) is 0 Å². The van der Waals surface area contributed by atoms with E-state index in [4.69, 9.17) is 18.9 Å². The lowest BCUT2D eigenvalue weighted by molar-refractivity contribution is -0.263. The summed E-state index contributed by atoms with van der Waals surface area (Å²) in [5.41, 5.74) is -5.42. The maximum atomic E-state index is 14.7.